The van der Waals surface area contributed by atoms with Crippen LogP contribution in [-0.4, -0.2) is 53.3 Å². The van der Waals surface area contributed by atoms with Crippen LogP contribution in [0.4, 0.5) is 29.3 Å². The third kappa shape index (κ3) is 3.18. The van der Waals surface area contributed by atoms with Crippen LogP contribution in [0, 0.1) is 13.8 Å². The molecule has 0 bridgehead atoms. The Morgan fingerprint density at radius 3 is 2.52 bits per heavy atom. The van der Waals surface area contributed by atoms with Gasteiger partial charge in [-0.2, -0.15) is 28.5 Å². The van der Waals surface area contributed by atoms with E-state index in [1.807, 2.05) is 0 Å². The number of hydrogen-bond donors (Lipinski definition) is 1. The molecule has 5 rings (SSSR count). The molecule has 33 heavy (non-hydrogen) atoms. The average Bonchev–Trinajstić information content (AvgIpc) is 3.45. The van der Waals surface area contributed by atoms with Gasteiger partial charge < -0.3 is 5.32 Å². The van der Waals surface area contributed by atoms with Crippen LogP contribution >= 0.6 is 0 Å². The third-order valence-corrected chi connectivity index (χ3v) is 5.65. The quantitative estimate of drug-likeness (QED) is 0.496. The van der Waals surface area contributed by atoms with Gasteiger partial charge in [-0.05, 0) is 32.4 Å². The van der Waals surface area contributed by atoms with Gasteiger partial charge in [0.1, 0.15) is 5.41 Å². The van der Waals surface area contributed by atoms with Crippen LogP contribution < -0.4 is 10.2 Å². The van der Waals surface area contributed by atoms with Crippen molar-refractivity contribution in [2.24, 2.45) is 0 Å². The summed E-state index contributed by atoms with van der Waals surface area (Å²) in [5.41, 5.74) is -0.616. The highest BCUT2D eigenvalue weighted by molar-refractivity contribution is 6.03. The summed E-state index contributed by atoms with van der Waals surface area (Å²) in [6, 6.07) is 2.49. The first kappa shape index (κ1) is 20.8. The van der Waals surface area contributed by atoms with Gasteiger partial charge in [-0.1, -0.05) is 0 Å². The lowest BCUT2D eigenvalue weighted by atomic mass is 9.88. The molecule has 0 radical (unpaired) electrons. The smallest absolute Gasteiger partial charge is 0.306 e. The van der Waals surface area contributed by atoms with Crippen molar-refractivity contribution in [3.63, 3.8) is 0 Å². The molecule has 1 aliphatic heterocycles. The van der Waals surface area contributed by atoms with Crippen molar-refractivity contribution in [2.75, 3.05) is 16.8 Å². The van der Waals surface area contributed by atoms with Gasteiger partial charge in [-0.15, -0.1) is 4.80 Å². The maximum Gasteiger partial charge on any atom is 0.401 e. The highest BCUT2D eigenvalue weighted by atomic mass is 19.4. The van der Waals surface area contributed by atoms with E-state index in [9.17, 15) is 18.0 Å². The first-order valence-electron chi connectivity index (χ1n) is 9.93. The second kappa shape index (κ2) is 6.98. The number of halogens is 3. The van der Waals surface area contributed by atoms with Gasteiger partial charge in [0.25, 0.3) is 0 Å². The van der Waals surface area contributed by atoms with Gasteiger partial charge in [-0.25, -0.2) is 19.3 Å². The van der Waals surface area contributed by atoms with E-state index in [4.69, 9.17) is 0 Å². The molecule has 0 aliphatic carbocycles. The summed E-state index contributed by atoms with van der Waals surface area (Å²) in [5, 5.41) is 14.9. The molecule has 1 N–H and O–H groups in total. The summed E-state index contributed by atoms with van der Waals surface area (Å²) >= 11 is 0. The normalized spacial score (nSPS) is 18.1. The molecule has 0 saturated heterocycles. The number of carbonyl (C=O) groups excluding carboxylic acids is 1. The fourth-order valence-electron chi connectivity index (χ4n) is 4.00. The minimum absolute atomic E-state index is 0.0463. The zero-order chi connectivity index (χ0) is 23.5. The number of carbonyl (C=O) groups is 1. The molecule has 0 spiro atoms. The monoisotopic (exact) mass is 457 g/mol. The summed E-state index contributed by atoms with van der Waals surface area (Å²) in [6.45, 7) is 3.88. The second-order valence-electron chi connectivity index (χ2n) is 8.08. The molecule has 0 saturated carbocycles. The van der Waals surface area contributed by atoms with Crippen LogP contribution in [0.3, 0.4) is 0 Å². The summed E-state index contributed by atoms with van der Waals surface area (Å²) in [4.78, 5) is 23.9. The standard InChI is InChI=1S/C20H18F3N9O/c1-11-6-13(8-25-17(11)32-26-4-5-27-32)28-18(33)30-10-19(3,20(21,22)23)16-14(30)9-24-15-7-12(2)29-31(15)16/h4-9H,10H2,1-3H3,(H,28,33)/t19-/m0/s1. The van der Waals surface area contributed by atoms with Crippen molar-refractivity contribution in [2.45, 2.75) is 32.4 Å². The number of alkyl halides is 3. The Labute approximate surface area is 185 Å². The van der Waals surface area contributed by atoms with Crippen LogP contribution in [0.1, 0.15) is 23.9 Å². The minimum atomic E-state index is -4.62. The van der Waals surface area contributed by atoms with E-state index in [2.05, 4.69) is 30.6 Å². The SMILES string of the molecule is Cc1cc2ncc3c(n2n1)[C@@](C)(C(F)(F)F)CN3C(=O)Nc1cnc(-n2nccn2)c(C)c1. The Kier molecular flexibility index (Phi) is 4.41. The van der Waals surface area contributed by atoms with Crippen LogP contribution in [0.2, 0.25) is 0 Å². The summed E-state index contributed by atoms with van der Waals surface area (Å²) in [7, 11) is 0. The molecule has 1 atom stereocenters. The van der Waals surface area contributed by atoms with E-state index in [1.54, 1.807) is 26.0 Å². The Hall–Kier alpha value is -4.03. The van der Waals surface area contributed by atoms with E-state index in [-0.39, 0.29) is 17.0 Å². The molecule has 2 amide bonds. The zero-order valence-electron chi connectivity index (χ0n) is 17.8. The van der Waals surface area contributed by atoms with Crippen molar-refractivity contribution in [3.05, 3.63) is 53.9 Å². The van der Waals surface area contributed by atoms with Crippen molar-refractivity contribution in [1.82, 2.24) is 34.6 Å². The molecule has 170 valence electrons. The lowest BCUT2D eigenvalue weighted by molar-refractivity contribution is -0.181. The number of urea groups is 1. The second-order valence-corrected chi connectivity index (χ2v) is 8.08. The van der Waals surface area contributed by atoms with Crippen molar-refractivity contribution < 1.29 is 18.0 Å². The number of nitrogens with one attached hydrogen (secondary N) is 1. The Morgan fingerprint density at radius 1 is 1.12 bits per heavy atom. The summed E-state index contributed by atoms with van der Waals surface area (Å²) in [5.74, 6) is 0.467. The Balaban J connectivity index is 1.51. The number of fused-ring (bicyclic) bond motifs is 3. The number of aryl methyl sites for hydroxylation is 2. The highest BCUT2D eigenvalue weighted by Crippen LogP contribution is 2.49. The first-order chi connectivity index (χ1) is 15.6. The Bertz CT molecular complexity index is 1380. The number of aromatic nitrogens is 7. The molecule has 0 aromatic carbocycles. The third-order valence-electron chi connectivity index (χ3n) is 5.65. The highest BCUT2D eigenvalue weighted by Gasteiger charge is 2.60. The molecule has 4 aromatic rings. The number of hydrogen-bond acceptors (Lipinski definition) is 6. The van der Waals surface area contributed by atoms with E-state index in [1.165, 1.54) is 34.1 Å². The molecular formula is C20H18F3N9O. The molecule has 5 heterocycles. The van der Waals surface area contributed by atoms with Crippen LogP contribution in [0.25, 0.3) is 11.5 Å². The predicted octanol–water partition coefficient (Wildman–Crippen LogP) is 3.19. The van der Waals surface area contributed by atoms with Crippen LogP contribution in [0.15, 0.2) is 36.9 Å². The lowest BCUT2D eigenvalue weighted by Gasteiger charge is -2.28. The fraction of sp³-hybridized carbons (Fsp3) is 0.300. The summed E-state index contributed by atoms with van der Waals surface area (Å²) < 4.78 is 43.8. The number of rotatable bonds is 2. The van der Waals surface area contributed by atoms with Gasteiger partial charge in [0.2, 0.25) is 0 Å². The number of amides is 2. The minimum Gasteiger partial charge on any atom is -0.306 e. The van der Waals surface area contributed by atoms with Crippen LogP contribution in [0.5, 0.6) is 0 Å². The van der Waals surface area contributed by atoms with Crippen molar-refractivity contribution in [1.29, 1.82) is 0 Å². The molecule has 0 unspecified atom stereocenters. The summed E-state index contributed by atoms with van der Waals surface area (Å²) in [6.07, 6.45) is 1.05. The predicted molar refractivity (Wildman–Crippen MR) is 111 cm³/mol. The lowest BCUT2D eigenvalue weighted by Crippen LogP contribution is -2.46. The van der Waals surface area contributed by atoms with Gasteiger partial charge in [0.05, 0.1) is 47.6 Å². The fourth-order valence-corrected chi connectivity index (χ4v) is 4.00. The molecule has 13 heteroatoms. The van der Waals surface area contributed by atoms with E-state index in [0.29, 0.717) is 22.8 Å². The Morgan fingerprint density at radius 2 is 1.85 bits per heavy atom. The van der Waals surface area contributed by atoms with E-state index >= 15 is 0 Å². The van der Waals surface area contributed by atoms with Gasteiger partial charge in [0, 0.05) is 12.6 Å². The average molecular weight is 457 g/mol. The maximum atomic E-state index is 14.2. The van der Waals surface area contributed by atoms with E-state index < -0.39 is 24.2 Å². The number of anilines is 2. The largest absolute Gasteiger partial charge is 0.401 e. The van der Waals surface area contributed by atoms with E-state index in [0.717, 1.165) is 11.8 Å². The van der Waals surface area contributed by atoms with Crippen molar-refractivity contribution in [3.8, 4) is 5.82 Å². The molecular weight excluding hydrogens is 439 g/mol. The van der Waals surface area contributed by atoms with Gasteiger partial charge in [0.15, 0.2) is 11.5 Å². The molecule has 0 fully saturated rings. The zero-order valence-corrected chi connectivity index (χ0v) is 17.8. The molecule has 10 nitrogen and oxygen atoms in total. The molecule has 1 aliphatic rings. The number of nitrogens with zero attached hydrogens (tertiary/aromatic N) is 8. The molecule has 4 aromatic heterocycles. The van der Waals surface area contributed by atoms with Crippen molar-refractivity contribution >= 4 is 23.1 Å². The first-order valence-corrected chi connectivity index (χ1v) is 9.93. The topological polar surface area (TPSA) is 106 Å². The number of pyridine rings is 1. The van der Waals surface area contributed by atoms with Crippen LogP contribution in [-0.2, 0) is 5.41 Å². The van der Waals surface area contributed by atoms with Gasteiger partial charge >= 0.3 is 12.2 Å². The maximum absolute atomic E-state index is 14.2. The van der Waals surface area contributed by atoms with Gasteiger partial charge in [-0.3, -0.25) is 4.90 Å².